The Labute approximate surface area is 394 Å². The van der Waals surface area contributed by atoms with E-state index in [9.17, 15) is 35.1 Å². The van der Waals surface area contributed by atoms with Gasteiger partial charge in [0.2, 0.25) is 5.91 Å². The number of nitrogens with one attached hydrogen (secondary N) is 1. The van der Waals surface area contributed by atoms with Gasteiger partial charge < -0.3 is 45.1 Å². The van der Waals surface area contributed by atoms with Crippen molar-refractivity contribution in [2.75, 3.05) is 19.8 Å². The Hall–Kier alpha value is -2.90. The quantitative estimate of drug-likeness (QED) is 0.0150. The summed E-state index contributed by atoms with van der Waals surface area (Å²) in [7, 11) is 0. The molecular formula is C54H93NO10. The van der Waals surface area contributed by atoms with E-state index in [1.54, 1.807) is 6.08 Å². The van der Waals surface area contributed by atoms with Gasteiger partial charge in [0.05, 0.1) is 32.0 Å². The number of aliphatic hydroxyl groups is 5. The fourth-order valence-corrected chi connectivity index (χ4v) is 7.36. The number of allylic oxidation sites excluding steroid dienone is 11. The molecule has 1 saturated heterocycles. The fraction of sp³-hybridized carbons (Fsp3) is 0.741. The third-order valence-electron chi connectivity index (χ3n) is 11.5. The second kappa shape index (κ2) is 43.7. The lowest BCUT2D eigenvalue weighted by Crippen LogP contribution is -2.60. The van der Waals surface area contributed by atoms with Gasteiger partial charge in [-0.2, -0.15) is 0 Å². The van der Waals surface area contributed by atoms with E-state index in [-0.39, 0.29) is 18.5 Å². The normalized spacial score (nSPS) is 20.4. The zero-order valence-corrected chi connectivity index (χ0v) is 40.7. The van der Waals surface area contributed by atoms with Gasteiger partial charge >= 0.3 is 5.97 Å². The molecule has 6 N–H and O–H groups in total. The molecule has 0 aromatic rings. The van der Waals surface area contributed by atoms with Crippen LogP contribution in [0.2, 0.25) is 0 Å². The molecular weight excluding hydrogens is 823 g/mol. The third kappa shape index (κ3) is 34.1. The van der Waals surface area contributed by atoms with Gasteiger partial charge in [-0.1, -0.05) is 151 Å². The first-order valence-corrected chi connectivity index (χ1v) is 25.7. The number of unbranched alkanes of at least 4 members (excludes halogenated alkanes) is 19. The van der Waals surface area contributed by atoms with Crippen LogP contribution in [0, 0.1) is 0 Å². The van der Waals surface area contributed by atoms with Crippen molar-refractivity contribution in [3.8, 4) is 0 Å². The van der Waals surface area contributed by atoms with Gasteiger partial charge in [0.15, 0.2) is 6.29 Å². The average molecular weight is 916 g/mol. The molecule has 11 nitrogen and oxygen atoms in total. The van der Waals surface area contributed by atoms with Crippen molar-refractivity contribution in [2.45, 2.75) is 236 Å². The molecule has 0 radical (unpaired) electrons. The molecule has 0 aliphatic carbocycles. The summed E-state index contributed by atoms with van der Waals surface area (Å²) in [6, 6.07) is -0.844. The van der Waals surface area contributed by atoms with Crippen molar-refractivity contribution < 1.29 is 49.3 Å². The van der Waals surface area contributed by atoms with Crippen LogP contribution in [0.15, 0.2) is 72.9 Å². The summed E-state index contributed by atoms with van der Waals surface area (Å²) in [5.74, 6) is -0.280. The SMILES string of the molecule is CCC/C=C\C/C=C\CCCCCCCC(=O)OCCCCC/C=C\C=C/CCCCCCCCC(=O)NC(COC1OC(CO)C(O)C(O)C1O)C(O)/C=C/CC/C=C/CCCCC. The van der Waals surface area contributed by atoms with E-state index >= 15 is 0 Å². The van der Waals surface area contributed by atoms with Crippen LogP contribution >= 0.6 is 0 Å². The van der Waals surface area contributed by atoms with E-state index in [4.69, 9.17) is 14.2 Å². The van der Waals surface area contributed by atoms with Gasteiger partial charge in [-0.05, 0) is 103 Å². The molecule has 7 unspecified atom stereocenters. The second-order valence-corrected chi connectivity index (χ2v) is 17.5. The summed E-state index contributed by atoms with van der Waals surface area (Å²) < 4.78 is 16.6. The molecule has 1 amide bonds. The highest BCUT2D eigenvalue weighted by Gasteiger charge is 2.44. The number of esters is 1. The standard InChI is InChI=1S/C54H93NO10/c1-3-5-7-9-11-13-14-18-22-26-30-34-38-42-50(59)63-43-39-35-31-27-23-20-17-15-16-19-21-25-29-33-37-41-49(58)55-46(47(57)40-36-32-28-24-12-10-8-6-4-2)45-64-54-53(62)52(61)51(60)48(44-56)65-54/h7,9,12-15,17,20,23-24,36,40,46-48,51-54,56-57,60-62H,3-6,8,10-11,16,18-19,21-22,25-35,37-39,41-45H2,1-2H3,(H,55,58)/b9-7-,14-13-,17-15-,23-20-,24-12+,40-36+. The van der Waals surface area contributed by atoms with Crippen LogP contribution in [-0.4, -0.2) is 100 Å². The van der Waals surface area contributed by atoms with Crippen molar-refractivity contribution >= 4 is 11.9 Å². The third-order valence-corrected chi connectivity index (χ3v) is 11.5. The Morgan fingerprint density at radius 2 is 1.12 bits per heavy atom. The highest BCUT2D eigenvalue weighted by molar-refractivity contribution is 5.76. The summed E-state index contributed by atoms with van der Waals surface area (Å²) in [5.41, 5.74) is 0. The molecule has 0 spiro atoms. The molecule has 1 rings (SSSR count). The van der Waals surface area contributed by atoms with Crippen molar-refractivity contribution in [2.24, 2.45) is 0 Å². The molecule has 7 atom stereocenters. The predicted octanol–water partition coefficient (Wildman–Crippen LogP) is 10.5. The second-order valence-electron chi connectivity index (χ2n) is 17.5. The number of carbonyl (C=O) groups is 2. The van der Waals surface area contributed by atoms with E-state index in [2.05, 4.69) is 79.9 Å². The van der Waals surface area contributed by atoms with Crippen molar-refractivity contribution in [3.63, 3.8) is 0 Å². The minimum Gasteiger partial charge on any atom is -0.466 e. The minimum absolute atomic E-state index is 0.0590. The van der Waals surface area contributed by atoms with Crippen LogP contribution in [0.1, 0.15) is 194 Å². The lowest BCUT2D eigenvalue weighted by Gasteiger charge is -2.40. The summed E-state index contributed by atoms with van der Waals surface area (Å²) in [6.45, 7) is 4.10. The Morgan fingerprint density at radius 3 is 1.77 bits per heavy atom. The van der Waals surface area contributed by atoms with Gasteiger partial charge in [0.25, 0.3) is 0 Å². The topological polar surface area (TPSA) is 175 Å². The minimum atomic E-state index is -1.59. The molecule has 0 aromatic carbocycles. The molecule has 0 aromatic heterocycles. The molecule has 0 bridgehead atoms. The van der Waals surface area contributed by atoms with Gasteiger partial charge in [0, 0.05) is 12.8 Å². The lowest BCUT2D eigenvalue weighted by atomic mass is 9.99. The van der Waals surface area contributed by atoms with Crippen molar-refractivity contribution in [1.29, 1.82) is 0 Å². The number of hydrogen-bond acceptors (Lipinski definition) is 10. The number of ether oxygens (including phenoxy) is 3. The smallest absolute Gasteiger partial charge is 0.305 e. The van der Waals surface area contributed by atoms with E-state index in [1.807, 2.05) is 6.08 Å². The molecule has 1 fully saturated rings. The van der Waals surface area contributed by atoms with Crippen LogP contribution in [-0.2, 0) is 23.8 Å². The Bertz CT molecular complexity index is 1310. The van der Waals surface area contributed by atoms with Crippen LogP contribution in [0.4, 0.5) is 0 Å². The van der Waals surface area contributed by atoms with Gasteiger partial charge in [0.1, 0.15) is 24.4 Å². The maximum Gasteiger partial charge on any atom is 0.305 e. The van der Waals surface area contributed by atoms with Gasteiger partial charge in [-0.15, -0.1) is 0 Å². The lowest BCUT2D eigenvalue weighted by molar-refractivity contribution is -0.302. The highest BCUT2D eigenvalue weighted by atomic mass is 16.7. The summed E-state index contributed by atoms with van der Waals surface area (Å²) >= 11 is 0. The maximum absolute atomic E-state index is 12.9. The van der Waals surface area contributed by atoms with E-state index in [1.165, 1.54) is 51.4 Å². The van der Waals surface area contributed by atoms with Crippen LogP contribution in [0.25, 0.3) is 0 Å². The summed E-state index contributed by atoms with van der Waals surface area (Å²) in [5, 5.41) is 54.0. The first kappa shape index (κ1) is 60.1. The first-order valence-electron chi connectivity index (χ1n) is 25.7. The van der Waals surface area contributed by atoms with Gasteiger partial charge in [-0.25, -0.2) is 0 Å². The van der Waals surface area contributed by atoms with Crippen LogP contribution in [0.3, 0.4) is 0 Å². The van der Waals surface area contributed by atoms with Crippen LogP contribution < -0.4 is 5.32 Å². The van der Waals surface area contributed by atoms with E-state index < -0.39 is 49.5 Å². The zero-order valence-electron chi connectivity index (χ0n) is 40.7. The highest BCUT2D eigenvalue weighted by Crippen LogP contribution is 2.22. The largest absolute Gasteiger partial charge is 0.466 e. The van der Waals surface area contributed by atoms with E-state index in [0.29, 0.717) is 19.4 Å². The van der Waals surface area contributed by atoms with Crippen molar-refractivity contribution in [3.05, 3.63) is 72.9 Å². The monoisotopic (exact) mass is 916 g/mol. The van der Waals surface area contributed by atoms with Gasteiger partial charge in [-0.3, -0.25) is 9.59 Å². The molecule has 11 heteroatoms. The molecule has 374 valence electrons. The molecule has 65 heavy (non-hydrogen) atoms. The first-order chi connectivity index (χ1) is 31.7. The Morgan fingerprint density at radius 1 is 0.585 bits per heavy atom. The number of hydrogen-bond donors (Lipinski definition) is 6. The Balaban J connectivity index is 2.17. The number of rotatable bonds is 42. The van der Waals surface area contributed by atoms with Crippen molar-refractivity contribution in [1.82, 2.24) is 5.32 Å². The van der Waals surface area contributed by atoms with E-state index in [0.717, 1.165) is 116 Å². The molecule has 1 aliphatic rings. The maximum atomic E-state index is 12.9. The molecule has 1 aliphatic heterocycles. The summed E-state index contributed by atoms with van der Waals surface area (Å²) in [6.07, 6.45) is 45.7. The average Bonchev–Trinajstić information content (AvgIpc) is 3.30. The Kier molecular flexibility index (Phi) is 40.4. The van der Waals surface area contributed by atoms with Crippen LogP contribution in [0.5, 0.6) is 0 Å². The summed E-state index contributed by atoms with van der Waals surface area (Å²) in [4.78, 5) is 25.0. The zero-order chi connectivity index (χ0) is 47.4. The number of amides is 1. The predicted molar refractivity (Wildman–Crippen MR) is 264 cm³/mol. The number of aliphatic hydroxyl groups excluding tert-OH is 5. The fourth-order valence-electron chi connectivity index (χ4n) is 7.36. The number of carbonyl (C=O) groups excluding carboxylic acids is 2. The molecule has 0 saturated carbocycles. The molecule has 1 heterocycles.